The number of hydrogen-bond donors (Lipinski definition) is 0. The van der Waals surface area contributed by atoms with Crippen molar-refractivity contribution in [2.45, 2.75) is 26.2 Å². The van der Waals surface area contributed by atoms with Crippen LogP contribution in [0.15, 0.2) is 18.2 Å². The van der Waals surface area contributed by atoms with Gasteiger partial charge in [0, 0.05) is 5.56 Å². The van der Waals surface area contributed by atoms with Crippen LogP contribution in [-0.4, -0.2) is 0 Å². The lowest BCUT2D eigenvalue weighted by atomic mass is 9.86. The monoisotopic (exact) mass is 164 g/mol. The van der Waals surface area contributed by atoms with Gasteiger partial charge >= 0.3 is 0 Å². The lowest BCUT2D eigenvalue weighted by molar-refractivity contribution is 0.330. The first-order valence-corrected chi connectivity index (χ1v) is 3.90. The van der Waals surface area contributed by atoms with Crippen molar-refractivity contribution in [3.63, 3.8) is 0 Å². The summed E-state index contributed by atoms with van der Waals surface area (Å²) < 4.78 is 0. The molecule has 0 aliphatic heterocycles. The first-order valence-electron chi connectivity index (χ1n) is 3.90. The molecule has 64 valence electrons. The molecule has 0 heterocycles. The Morgan fingerprint density at radius 2 is 1.67 bits per heavy atom. The number of hydrogen-bond acceptors (Lipinski definition) is 0. The predicted octanol–water partition coefficient (Wildman–Crippen LogP) is 3.27. The maximum Gasteiger partial charge on any atom is 0.182 e. The highest BCUT2D eigenvalue weighted by Gasteiger charge is 2.19. The average molecular weight is 164 g/mol. The molecule has 12 heavy (non-hydrogen) atoms. The van der Waals surface area contributed by atoms with E-state index in [1.807, 2.05) is 20.8 Å². The van der Waals surface area contributed by atoms with Crippen molar-refractivity contribution < 1.29 is 10.2 Å². The largest absolute Gasteiger partial charge is 0.290 e. The van der Waals surface area contributed by atoms with Crippen molar-refractivity contribution in [2.24, 2.45) is 0 Å². The van der Waals surface area contributed by atoms with Crippen LogP contribution in [0.1, 0.15) is 26.3 Å². The SMILES string of the molecule is CC(C)(C)c1cc([O])ccc1[O]. The van der Waals surface area contributed by atoms with Gasteiger partial charge in [0.15, 0.2) is 11.5 Å². The van der Waals surface area contributed by atoms with Crippen molar-refractivity contribution in [2.75, 3.05) is 0 Å². The molecule has 2 nitrogen and oxygen atoms in total. The summed E-state index contributed by atoms with van der Waals surface area (Å²) in [6.07, 6.45) is 0. The zero-order chi connectivity index (χ0) is 9.35. The number of rotatable bonds is 0. The third-order valence-electron chi connectivity index (χ3n) is 1.76. The van der Waals surface area contributed by atoms with Crippen LogP contribution in [0.3, 0.4) is 0 Å². The Balaban J connectivity index is 3.23. The number of benzene rings is 1. The highest BCUT2D eigenvalue weighted by atomic mass is 16.3. The third kappa shape index (κ3) is 1.70. The summed E-state index contributed by atoms with van der Waals surface area (Å²) in [6.45, 7) is 5.76. The Morgan fingerprint density at radius 3 is 2.08 bits per heavy atom. The normalized spacial score (nSPS) is 11.6. The molecule has 0 fully saturated rings. The van der Waals surface area contributed by atoms with E-state index < -0.39 is 0 Å². The van der Waals surface area contributed by atoms with E-state index in [9.17, 15) is 10.2 Å². The van der Waals surface area contributed by atoms with Gasteiger partial charge in [0.1, 0.15) is 0 Å². The van der Waals surface area contributed by atoms with Crippen LogP contribution in [-0.2, 0) is 15.6 Å². The minimum Gasteiger partial charge on any atom is -0.290 e. The third-order valence-corrected chi connectivity index (χ3v) is 1.76. The highest BCUT2D eigenvalue weighted by molar-refractivity contribution is 5.42. The van der Waals surface area contributed by atoms with Gasteiger partial charge in [0.05, 0.1) is 0 Å². The molecule has 0 amide bonds. The van der Waals surface area contributed by atoms with Gasteiger partial charge in [-0.15, -0.1) is 0 Å². The van der Waals surface area contributed by atoms with Crippen LogP contribution in [0.5, 0.6) is 11.5 Å². The standard InChI is InChI=1S/C10H12O2/c1-10(2,3)8-6-7(11)4-5-9(8)12/h4-6H,1-3H3. The van der Waals surface area contributed by atoms with E-state index >= 15 is 0 Å². The van der Waals surface area contributed by atoms with Crippen molar-refractivity contribution in [3.8, 4) is 11.5 Å². The molecule has 0 saturated heterocycles. The zero-order valence-electron chi connectivity index (χ0n) is 7.55. The topological polar surface area (TPSA) is 39.8 Å². The van der Waals surface area contributed by atoms with Gasteiger partial charge in [-0.3, -0.25) is 10.2 Å². The van der Waals surface area contributed by atoms with Crippen molar-refractivity contribution >= 4 is 0 Å². The van der Waals surface area contributed by atoms with Crippen LogP contribution in [0.4, 0.5) is 0 Å². The van der Waals surface area contributed by atoms with Gasteiger partial charge in [-0.2, -0.15) is 0 Å². The Kier molecular flexibility index (Phi) is 2.01. The molecule has 0 bridgehead atoms. The molecule has 0 aliphatic carbocycles. The maximum absolute atomic E-state index is 11.3. The van der Waals surface area contributed by atoms with Gasteiger partial charge in [-0.05, 0) is 23.6 Å². The lowest BCUT2D eigenvalue weighted by Crippen LogP contribution is -2.10. The van der Waals surface area contributed by atoms with E-state index in [1.165, 1.54) is 18.2 Å². The molecule has 1 rings (SSSR count). The van der Waals surface area contributed by atoms with Crippen molar-refractivity contribution in [1.82, 2.24) is 0 Å². The highest BCUT2D eigenvalue weighted by Crippen LogP contribution is 2.33. The summed E-state index contributed by atoms with van der Waals surface area (Å²) in [4.78, 5) is 0. The molecule has 1 aromatic rings. The van der Waals surface area contributed by atoms with E-state index in [-0.39, 0.29) is 16.9 Å². The first kappa shape index (κ1) is 8.91. The van der Waals surface area contributed by atoms with Gasteiger partial charge in [0.2, 0.25) is 0 Å². The minimum absolute atomic E-state index is 0.0536. The molecule has 0 saturated carbocycles. The van der Waals surface area contributed by atoms with Gasteiger partial charge < -0.3 is 0 Å². The second kappa shape index (κ2) is 2.70. The fourth-order valence-corrected chi connectivity index (χ4v) is 1.10. The summed E-state index contributed by atoms with van der Waals surface area (Å²) in [5, 5.41) is 22.2. The average Bonchev–Trinajstić information content (AvgIpc) is 1.92. The summed E-state index contributed by atoms with van der Waals surface area (Å²) in [5.41, 5.74) is 0.354. The van der Waals surface area contributed by atoms with Crippen molar-refractivity contribution in [1.29, 1.82) is 0 Å². The summed E-state index contributed by atoms with van der Waals surface area (Å²) in [7, 11) is 0. The molecule has 1 aromatic carbocycles. The Hall–Kier alpha value is -1.18. The van der Waals surface area contributed by atoms with E-state index in [2.05, 4.69) is 0 Å². The quantitative estimate of drug-likeness (QED) is 0.564. The molecule has 0 spiro atoms. The van der Waals surface area contributed by atoms with Crippen LogP contribution in [0.25, 0.3) is 0 Å². The second-order valence-corrected chi connectivity index (χ2v) is 3.91. The Morgan fingerprint density at radius 1 is 1.08 bits per heavy atom. The minimum atomic E-state index is -0.239. The fraction of sp³-hybridized carbons (Fsp3) is 0.400. The zero-order valence-corrected chi connectivity index (χ0v) is 7.55. The van der Waals surface area contributed by atoms with Crippen LogP contribution >= 0.6 is 0 Å². The van der Waals surface area contributed by atoms with Gasteiger partial charge in [-0.1, -0.05) is 20.8 Å². The summed E-state index contributed by atoms with van der Waals surface area (Å²) in [6, 6.07) is 4.06. The molecule has 2 heteroatoms. The molecule has 0 aliphatic rings. The molecule has 0 unspecified atom stereocenters. The molecule has 0 N–H and O–H groups in total. The van der Waals surface area contributed by atoms with E-state index in [0.717, 1.165) is 0 Å². The van der Waals surface area contributed by atoms with E-state index in [0.29, 0.717) is 5.56 Å². The Labute approximate surface area is 72.5 Å². The predicted molar refractivity (Wildman–Crippen MR) is 45.4 cm³/mol. The molecule has 2 radical (unpaired) electrons. The van der Waals surface area contributed by atoms with Gasteiger partial charge in [-0.25, -0.2) is 0 Å². The molecule has 0 aromatic heterocycles. The molecular formula is C10H12O2. The van der Waals surface area contributed by atoms with Gasteiger partial charge in [0.25, 0.3) is 0 Å². The lowest BCUT2D eigenvalue weighted by Gasteiger charge is -2.18. The Bertz CT molecular complexity index is 284. The molecular weight excluding hydrogens is 152 g/mol. The fourth-order valence-electron chi connectivity index (χ4n) is 1.10. The van der Waals surface area contributed by atoms with Crippen LogP contribution in [0, 0.1) is 0 Å². The van der Waals surface area contributed by atoms with Crippen molar-refractivity contribution in [3.05, 3.63) is 23.8 Å². The smallest absolute Gasteiger partial charge is 0.182 e. The molecule has 0 atom stereocenters. The van der Waals surface area contributed by atoms with E-state index in [4.69, 9.17) is 0 Å². The maximum atomic E-state index is 11.3. The summed E-state index contributed by atoms with van der Waals surface area (Å²) >= 11 is 0. The summed E-state index contributed by atoms with van der Waals surface area (Å²) in [5.74, 6) is -0.151. The van der Waals surface area contributed by atoms with Crippen LogP contribution in [0.2, 0.25) is 0 Å². The first-order chi connectivity index (χ1) is 5.41. The van der Waals surface area contributed by atoms with Crippen LogP contribution < -0.4 is 0 Å². The second-order valence-electron chi connectivity index (χ2n) is 3.91. The van der Waals surface area contributed by atoms with E-state index in [1.54, 1.807) is 0 Å².